The van der Waals surface area contributed by atoms with Crippen LogP contribution >= 0.6 is 11.3 Å². The average molecular weight is 327 g/mol. The molecule has 1 aliphatic carbocycles. The first-order chi connectivity index (χ1) is 10.4. The number of hydrogen-bond acceptors (Lipinski definition) is 4. The van der Waals surface area contributed by atoms with E-state index in [2.05, 4.69) is 15.5 Å². The average Bonchev–Trinajstić information content (AvgIpc) is 3.21. The molecule has 1 fully saturated rings. The summed E-state index contributed by atoms with van der Waals surface area (Å²) >= 11 is 1.50. The van der Waals surface area contributed by atoms with E-state index in [4.69, 9.17) is 0 Å². The highest BCUT2D eigenvalue weighted by Gasteiger charge is 2.35. The number of aryl methyl sites for hydroxylation is 1. The first-order valence-electron chi connectivity index (χ1n) is 7.13. The lowest BCUT2D eigenvalue weighted by Crippen LogP contribution is -2.23. The second-order valence-electron chi connectivity index (χ2n) is 5.53. The minimum atomic E-state index is -4.31. The molecule has 1 aliphatic rings. The number of halogens is 3. The van der Waals surface area contributed by atoms with Gasteiger partial charge in [0.05, 0.1) is 12.1 Å². The van der Waals surface area contributed by atoms with Crippen LogP contribution in [0.5, 0.6) is 0 Å². The fourth-order valence-corrected chi connectivity index (χ4v) is 3.16. The molecule has 3 rings (SSSR count). The van der Waals surface area contributed by atoms with Gasteiger partial charge >= 0.3 is 6.18 Å². The maximum Gasteiger partial charge on any atom is 0.416 e. The number of hydrogen-bond donors (Lipinski definition) is 1. The lowest BCUT2D eigenvalue weighted by atomic mass is 10.00. The Hall–Kier alpha value is -1.47. The molecule has 1 aromatic heterocycles. The summed E-state index contributed by atoms with van der Waals surface area (Å²) in [6, 6.07) is 5.54. The van der Waals surface area contributed by atoms with Gasteiger partial charge in [0.25, 0.3) is 0 Å². The monoisotopic (exact) mass is 327 g/mol. The molecule has 2 aromatic rings. The zero-order valence-electron chi connectivity index (χ0n) is 12.0. The van der Waals surface area contributed by atoms with E-state index < -0.39 is 11.7 Å². The molecule has 0 bridgehead atoms. The highest BCUT2D eigenvalue weighted by Crippen LogP contribution is 2.42. The van der Waals surface area contributed by atoms with Crippen molar-refractivity contribution in [1.82, 2.24) is 15.5 Å². The maximum absolute atomic E-state index is 12.9. The third-order valence-electron chi connectivity index (χ3n) is 3.71. The Kier molecular flexibility index (Phi) is 4.18. The number of alkyl halides is 3. The van der Waals surface area contributed by atoms with Gasteiger partial charge in [0, 0.05) is 6.04 Å². The predicted octanol–water partition coefficient (Wildman–Crippen LogP) is 4.11. The van der Waals surface area contributed by atoms with Gasteiger partial charge in [-0.05, 0) is 43.4 Å². The van der Waals surface area contributed by atoms with E-state index in [0.717, 1.165) is 28.9 Å². The Morgan fingerprint density at radius 3 is 2.68 bits per heavy atom. The SMILES string of the molecule is Cc1nnc(CN[C@@H](c2cccc(C(F)(F)F)c2)C2CC2)s1. The number of benzene rings is 1. The molecule has 0 spiro atoms. The lowest BCUT2D eigenvalue weighted by molar-refractivity contribution is -0.137. The molecular formula is C15H16F3N3S. The summed E-state index contributed by atoms with van der Waals surface area (Å²) in [4.78, 5) is 0. The smallest absolute Gasteiger partial charge is 0.303 e. The van der Waals surface area contributed by atoms with Crippen molar-refractivity contribution in [2.75, 3.05) is 0 Å². The van der Waals surface area contributed by atoms with Crippen LogP contribution < -0.4 is 5.32 Å². The Labute approximate surface area is 130 Å². The van der Waals surface area contributed by atoms with Crippen molar-refractivity contribution in [3.05, 3.63) is 45.4 Å². The van der Waals surface area contributed by atoms with Gasteiger partial charge in [-0.1, -0.05) is 12.1 Å². The first-order valence-corrected chi connectivity index (χ1v) is 7.94. The van der Waals surface area contributed by atoms with Crippen LogP contribution in [-0.4, -0.2) is 10.2 Å². The number of nitrogens with zero attached hydrogens (tertiary/aromatic N) is 2. The molecule has 0 saturated heterocycles. The minimum absolute atomic E-state index is 0.0634. The Morgan fingerprint density at radius 2 is 2.09 bits per heavy atom. The molecule has 0 radical (unpaired) electrons. The van der Waals surface area contributed by atoms with Crippen molar-refractivity contribution in [3.8, 4) is 0 Å². The summed E-state index contributed by atoms with van der Waals surface area (Å²) < 4.78 is 38.6. The molecule has 1 heterocycles. The quantitative estimate of drug-likeness (QED) is 0.898. The molecule has 0 amide bonds. The predicted molar refractivity (Wildman–Crippen MR) is 78.4 cm³/mol. The normalized spacial score (nSPS) is 16.7. The molecule has 1 aromatic carbocycles. The summed E-state index contributed by atoms with van der Waals surface area (Å²) in [5, 5.41) is 13.1. The molecule has 7 heteroatoms. The van der Waals surface area contributed by atoms with E-state index in [9.17, 15) is 13.2 Å². The zero-order chi connectivity index (χ0) is 15.7. The van der Waals surface area contributed by atoms with Gasteiger partial charge in [0.15, 0.2) is 0 Å². The molecule has 22 heavy (non-hydrogen) atoms. The van der Waals surface area contributed by atoms with E-state index in [1.807, 2.05) is 6.92 Å². The first kappa shape index (κ1) is 15.4. The van der Waals surface area contributed by atoms with Crippen molar-refractivity contribution in [1.29, 1.82) is 0 Å². The highest BCUT2D eigenvalue weighted by atomic mass is 32.1. The van der Waals surface area contributed by atoms with Gasteiger partial charge in [-0.3, -0.25) is 0 Å². The van der Waals surface area contributed by atoms with Gasteiger partial charge in [-0.25, -0.2) is 0 Å². The van der Waals surface area contributed by atoms with Crippen molar-refractivity contribution in [2.45, 2.75) is 38.5 Å². The van der Waals surface area contributed by atoms with Gasteiger partial charge in [0.2, 0.25) is 0 Å². The molecule has 1 N–H and O–H groups in total. The number of nitrogens with one attached hydrogen (secondary N) is 1. The van der Waals surface area contributed by atoms with Crippen LogP contribution in [0.15, 0.2) is 24.3 Å². The van der Waals surface area contributed by atoms with Gasteiger partial charge < -0.3 is 5.32 Å². The second-order valence-corrected chi connectivity index (χ2v) is 6.80. The largest absolute Gasteiger partial charge is 0.416 e. The maximum atomic E-state index is 12.9. The van der Waals surface area contributed by atoms with Crippen LogP contribution in [0.3, 0.4) is 0 Å². The highest BCUT2D eigenvalue weighted by molar-refractivity contribution is 7.11. The van der Waals surface area contributed by atoms with Crippen LogP contribution in [0.4, 0.5) is 13.2 Å². The van der Waals surface area contributed by atoms with E-state index in [-0.39, 0.29) is 6.04 Å². The zero-order valence-corrected chi connectivity index (χ0v) is 12.8. The van der Waals surface area contributed by atoms with Crippen LogP contribution in [0.25, 0.3) is 0 Å². The summed E-state index contributed by atoms with van der Waals surface area (Å²) in [7, 11) is 0. The van der Waals surface area contributed by atoms with E-state index in [1.54, 1.807) is 6.07 Å². The lowest BCUT2D eigenvalue weighted by Gasteiger charge is -2.19. The number of rotatable bonds is 5. The Morgan fingerprint density at radius 1 is 1.32 bits per heavy atom. The topological polar surface area (TPSA) is 37.8 Å². The summed E-state index contributed by atoms with van der Waals surface area (Å²) in [6.45, 7) is 2.41. The molecule has 118 valence electrons. The summed E-state index contributed by atoms with van der Waals surface area (Å²) in [5.74, 6) is 0.400. The molecular weight excluding hydrogens is 311 g/mol. The number of aromatic nitrogens is 2. The van der Waals surface area contributed by atoms with Crippen LogP contribution in [0.1, 0.15) is 40.0 Å². The van der Waals surface area contributed by atoms with Gasteiger partial charge in [0.1, 0.15) is 10.0 Å². The fourth-order valence-electron chi connectivity index (χ4n) is 2.50. The second kappa shape index (κ2) is 5.96. The van der Waals surface area contributed by atoms with Crippen molar-refractivity contribution in [3.63, 3.8) is 0 Å². The van der Waals surface area contributed by atoms with Crippen molar-refractivity contribution < 1.29 is 13.2 Å². The standard InChI is InChI=1S/C15H16F3N3S/c1-9-20-21-13(22-9)8-19-14(10-5-6-10)11-3-2-4-12(7-11)15(16,17)18/h2-4,7,10,14,19H,5-6,8H2,1H3/t14-/m1/s1. The van der Waals surface area contributed by atoms with Crippen molar-refractivity contribution >= 4 is 11.3 Å². The molecule has 3 nitrogen and oxygen atoms in total. The third kappa shape index (κ3) is 3.64. The van der Waals surface area contributed by atoms with Crippen molar-refractivity contribution in [2.24, 2.45) is 5.92 Å². The van der Waals surface area contributed by atoms with Crippen LogP contribution in [0, 0.1) is 12.8 Å². The van der Waals surface area contributed by atoms with E-state index >= 15 is 0 Å². The fraction of sp³-hybridized carbons (Fsp3) is 0.467. The van der Waals surface area contributed by atoms with Gasteiger partial charge in [-0.2, -0.15) is 13.2 Å². The molecule has 0 aliphatic heterocycles. The van der Waals surface area contributed by atoms with Crippen LogP contribution in [-0.2, 0) is 12.7 Å². The summed E-state index contributed by atoms with van der Waals surface area (Å²) in [6.07, 6.45) is -2.22. The Balaban J connectivity index is 1.76. The third-order valence-corrected chi connectivity index (χ3v) is 4.55. The summed E-state index contributed by atoms with van der Waals surface area (Å²) in [5.41, 5.74) is 0.0998. The molecule has 0 unspecified atom stereocenters. The van der Waals surface area contributed by atoms with E-state index in [1.165, 1.54) is 23.5 Å². The van der Waals surface area contributed by atoms with Crippen LogP contribution in [0.2, 0.25) is 0 Å². The Bertz CT molecular complexity index is 649. The van der Waals surface area contributed by atoms with Gasteiger partial charge in [-0.15, -0.1) is 21.5 Å². The van der Waals surface area contributed by atoms with E-state index in [0.29, 0.717) is 18.0 Å². The molecule has 1 atom stereocenters. The minimum Gasteiger partial charge on any atom is -0.303 e. The molecule has 1 saturated carbocycles.